The fraction of sp³-hybridized carbons (Fsp3) is 0.167. The van der Waals surface area contributed by atoms with Crippen LogP contribution in [0.5, 0.6) is 0 Å². The van der Waals surface area contributed by atoms with E-state index in [9.17, 15) is 4.79 Å². The summed E-state index contributed by atoms with van der Waals surface area (Å²) in [5.74, 6) is 0.0167. The zero-order valence-corrected chi connectivity index (χ0v) is 10.3. The highest BCUT2D eigenvalue weighted by atomic mass is 16.1. The van der Waals surface area contributed by atoms with Gasteiger partial charge in [-0.2, -0.15) is 5.21 Å². The number of carbonyl (C=O) groups is 1. The first-order valence-electron chi connectivity index (χ1n) is 5.80. The molecule has 1 aromatic carbocycles. The number of H-pyrrole nitrogens is 1. The van der Waals surface area contributed by atoms with Gasteiger partial charge in [-0.15, -0.1) is 5.10 Å². The number of rotatable bonds is 3. The van der Waals surface area contributed by atoms with E-state index in [0.29, 0.717) is 0 Å². The monoisotopic (exact) mass is 256 g/mol. The van der Waals surface area contributed by atoms with E-state index in [1.807, 2.05) is 42.1 Å². The standard InChI is InChI=1S/C12H12N6O/c1-18-7-8(9-4-2-3-5-10(9)18)6-11(19)13-12-14-16-17-15-12/h2-5,7H,6H2,1H3,(H2,13,14,15,16,17,19). The third-order valence-electron chi connectivity index (χ3n) is 2.93. The predicted octanol–water partition coefficient (Wildman–Crippen LogP) is 0.873. The van der Waals surface area contributed by atoms with Gasteiger partial charge in [-0.25, -0.2) is 0 Å². The SMILES string of the molecule is Cn1cc(CC(=O)Nc2nn[nH]n2)c2ccccc21. The Bertz CT molecular complexity index is 715. The lowest BCUT2D eigenvalue weighted by molar-refractivity contribution is -0.115. The molecule has 3 aromatic rings. The van der Waals surface area contributed by atoms with E-state index < -0.39 is 0 Å². The summed E-state index contributed by atoms with van der Waals surface area (Å²) in [7, 11) is 1.96. The van der Waals surface area contributed by atoms with Crippen molar-refractivity contribution in [2.24, 2.45) is 7.05 Å². The predicted molar refractivity (Wildman–Crippen MR) is 69.4 cm³/mol. The van der Waals surface area contributed by atoms with E-state index in [0.717, 1.165) is 16.5 Å². The molecule has 0 atom stereocenters. The van der Waals surface area contributed by atoms with Crippen molar-refractivity contribution in [2.75, 3.05) is 5.32 Å². The molecule has 0 unspecified atom stereocenters. The molecule has 0 spiro atoms. The van der Waals surface area contributed by atoms with Crippen LogP contribution in [0.1, 0.15) is 5.56 Å². The number of aryl methyl sites for hydroxylation is 1. The summed E-state index contributed by atoms with van der Waals surface area (Å²) in [6.45, 7) is 0. The Kier molecular flexibility index (Phi) is 2.71. The lowest BCUT2D eigenvalue weighted by Crippen LogP contribution is -2.15. The molecule has 0 aliphatic heterocycles. The minimum atomic E-state index is -0.169. The van der Waals surface area contributed by atoms with E-state index in [1.165, 1.54) is 0 Å². The van der Waals surface area contributed by atoms with Crippen LogP contribution < -0.4 is 5.32 Å². The summed E-state index contributed by atoms with van der Waals surface area (Å²) in [5, 5.41) is 16.7. The zero-order valence-electron chi connectivity index (χ0n) is 10.3. The molecule has 3 rings (SSSR count). The van der Waals surface area contributed by atoms with E-state index >= 15 is 0 Å². The van der Waals surface area contributed by atoms with E-state index in [1.54, 1.807) is 0 Å². The van der Waals surface area contributed by atoms with Crippen LogP contribution in [0.2, 0.25) is 0 Å². The normalized spacial score (nSPS) is 10.8. The topological polar surface area (TPSA) is 88.5 Å². The maximum absolute atomic E-state index is 11.9. The van der Waals surface area contributed by atoms with Crippen molar-refractivity contribution in [3.05, 3.63) is 36.0 Å². The van der Waals surface area contributed by atoms with Crippen LogP contribution in [0.4, 0.5) is 5.95 Å². The van der Waals surface area contributed by atoms with Gasteiger partial charge in [0, 0.05) is 24.1 Å². The Balaban J connectivity index is 1.83. The molecule has 19 heavy (non-hydrogen) atoms. The third kappa shape index (κ3) is 2.17. The molecule has 0 aliphatic carbocycles. The van der Waals surface area contributed by atoms with Crippen LogP contribution in [0.15, 0.2) is 30.5 Å². The Morgan fingerprint density at radius 1 is 1.42 bits per heavy atom. The minimum absolute atomic E-state index is 0.169. The molecular weight excluding hydrogens is 244 g/mol. The number of tetrazole rings is 1. The maximum Gasteiger partial charge on any atom is 0.269 e. The Morgan fingerprint density at radius 3 is 3.05 bits per heavy atom. The summed E-state index contributed by atoms with van der Waals surface area (Å²) in [4.78, 5) is 11.9. The summed E-state index contributed by atoms with van der Waals surface area (Å²) in [6, 6.07) is 7.97. The van der Waals surface area contributed by atoms with Crippen LogP contribution in [-0.2, 0) is 18.3 Å². The van der Waals surface area contributed by atoms with Crippen LogP contribution in [-0.4, -0.2) is 31.1 Å². The average molecular weight is 256 g/mol. The van der Waals surface area contributed by atoms with Gasteiger partial charge in [-0.05, 0) is 16.8 Å². The molecule has 2 heterocycles. The van der Waals surface area contributed by atoms with Gasteiger partial charge in [0.05, 0.1) is 6.42 Å². The molecule has 96 valence electrons. The average Bonchev–Trinajstić information content (AvgIpc) is 3.00. The molecular formula is C12H12N6O. The largest absolute Gasteiger partial charge is 0.350 e. The van der Waals surface area contributed by atoms with Crippen molar-refractivity contribution in [3.8, 4) is 0 Å². The van der Waals surface area contributed by atoms with Gasteiger partial charge in [-0.1, -0.05) is 23.3 Å². The van der Waals surface area contributed by atoms with Gasteiger partial charge >= 0.3 is 0 Å². The summed E-state index contributed by atoms with van der Waals surface area (Å²) in [5.41, 5.74) is 2.07. The van der Waals surface area contributed by atoms with Crippen molar-refractivity contribution in [1.82, 2.24) is 25.2 Å². The smallest absolute Gasteiger partial charge is 0.269 e. The summed E-state index contributed by atoms with van der Waals surface area (Å²) < 4.78 is 2.01. The van der Waals surface area contributed by atoms with Gasteiger partial charge in [0.2, 0.25) is 5.91 Å². The molecule has 1 amide bonds. The first kappa shape index (κ1) is 11.4. The molecule has 2 N–H and O–H groups in total. The molecule has 0 saturated heterocycles. The Morgan fingerprint density at radius 2 is 2.26 bits per heavy atom. The second kappa shape index (κ2) is 4.52. The Labute approximate surface area is 108 Å². The number of nitrogens with zero attached hydrogens (tertiary/aromatic N) is 4. The third-order valence-corrected chi connectivity index (χ3v) is 2.93. The number of benzene rings is 1. The number of aromatic nitrogens is 5. The molecule has 0 saturated carbocycles. The van der Waals surface area contributed by atoms with E-state index in [-0.39, 0.29) is 18.3 Å². The number of fused-ring (bicyclic) bond motifs is 1. The quantitative estimate of drug-likeness (QED) is 0.727. The van der Waals surface area contributed by atoms with Gasteiger partial charge in [0.15, 0.2) is 0 Å². The fourth-order valence-electron chi connectivity index (χ4n) is 2.12. The molecule has 0 fully saturated rings. The van der Waals surface area contributed by atoms with E-state index in [4.69, 9.17) is 0 Å². The van der Waals surface area contributed by atoms with Gasteiger partial charge in [0.25, 0.3) is 5.95 Å². The van der Waals surface area contributed by atoms with E-state index in [2.05, 4.69) is 25.9 Å². The number of nitrogens with one attached hydrogen (secondary N) is 2. The molecule has 0 bridgehead atoms. The highest BCUT2D eigenvalue weighted by molar-refractivity contribution is 5.94. The maximum atomic E-state index is 11.9. The molecule has 0 aliphatic rings. The number of para-hydroxylation sites is 1. The van der Waals surface area contributed by atoms with Crippen LogP contribution in [0, 0.1) is 0 Å². The summed E-state index contributed by atoms with van der Waals surface area (Å²) >= 11 is 0. The second-order valence-corrected chi connectivity index (χ2v) is 4.24. The number of amides is 1. The van der Waals surface area contributed by atoms with Crippen molar-refractivity contribution in [1.29, 1.82) is 0 Å². The molecule has 7 nitrogen and oxygen atoms in total. The number of aromatic amines is 1. The first-order chi connectivity index (χ1) is 9.24. The molecule has 7 heteroatoms. The Hall–Kier alpha value is -2.70. The zero-order chi connectivity index (χ0) is 13.2. The van der Waals surface area contributed by atoms with Crippen molar-refractivity contribution in [2.45, 2.75) is 6.42 Å². The van der Waals surface area contributed by atoms with Crippen molar-refractivity contribution < 1.29 is 4.79 Å². The number of hydrogen-bond donors (Lipinski definition) is 2. The lowest BCUT2D eigenvalue weighted by Gasteiger charge is -1.99. The number of anilines is 1. The highest BCUT2D eigenvalue weighted by Gasteiger charge is 2.11. The number of carbonyl (C=O) groups excluding carboxylic acids is 1. The van der Waals surface area contributed by atoms with Gasteiger partial charge in [-0.3, -0.25) is 10.1 Å². The van der Waals surface area contributed by atoms with Crippen LogP contribution in [0.3, 0.4) is 0 Å². The van der Waals surface area contributed by atoms with Crippen LogP contribution in [0.25, 0.3) is 10.9 Å². The molecule has 0 radical (unpaired) electrons. The van der Waals surface area contributed by atoms with Gasteiger partial charge < -0.3 is 4.57 Å². The minimum Gasteiger partial charge on any atom is -0.350 e. The van der Waals surface area contributed by atoms with Crippen molar-refractivity contribution in [3.63, 3.8) is 0 Å². The number of hydrogen-bond acceptors (Lipinski definition) is 4. The lowest BCUT2D eigenvalue weighted by atomic mass is 10.1. The van der Waals surface area contributed by atoms with Crippen LogP contribution >= 0.6 is 0 Å². The summed E-state index contributed by atoms with van der Waals surface area (Å²) in [6.07, 6.45) is 2.23. The van der Waals surface area contributed by atoms with Gasteiger partial charge in [0.1, 0.15) is 0 Å². The first-order valence-corrected chi connectivity index (χ1v) is 5.80. The highest BCUT2D eigenvalue weighted by Crippen LogP contribution is 2.20. The second-order valence-electron chi connectivity index (χ2n) is 4.24. The fourth-order valence-corrected chi connectivity index (χ4v) is 2.12. The molecule has 2 aromatic heterocycles. The van der Waals surface area contributed by atoms with Crippen molar-refractivity contribution >= 4 is 22.8 Å².